The van der Waals surface area contributed by atoms with Gasteiger partial charge in [-0.15, -0.1) is 0 Å². The number of carbonyl (C=O) groups is 1. The van der Waals surface area contributed by atoms with Crippen LogP contribution in [0.15, 0.2) is 67.0 Å². The third-order valence-corrected chi connectivity index (χ3v) is 6.72. The molecule has 3 N–H and O–H groups in total. The number of nitrogens with one attached hydrogen (secondary N) is 1. The third kappa shape index (κ3) is 6.29. The first-order chi connectivity index (χ1) is 17.3. The van der Waals surface area contributed by atoms with Crippen molar-refractivity contribution in [3.05, 3.63) is 84.0 Å². The van der Waals surface area contributed by atoms with Gasteiger partial charge in [-0.3, -0.25) is 4.79 Å². The molecule has 0 unspecified atom stereocenters. The molecule has 0 saturated heterocycles. The maximum absolute atomic E-state index is 11.9. The van der Waals surface area contributed by atoms with Gasteiger partial charge in [0.05, 0.1) is 19.2 Å². The summed E-state index contributed by atoms with van der Waals surface area (Å²) in [6.07, 6.45) is 8.58. The number of carbonyl (C=O) groups excluding carboxylic acids is 1. The number of aliphatic hydroxyl groups is 2. The topological polar surface area (TPSA) is 90.6 Å². The monoisotopic (exact) mass is 488 g/mol. The summed E-state index contributed by atoms with van der Waals surface area (Å²) in [5, 5.41) is 22.8. The van der Waals surface area contributed by atoms with E-state index in [1.807, 2.05) is 31.1 Å². The minimum Gasteiger partial charge on any atom is -0.394 e. The van der Waals surface area contributed by atoms with Crippen molar-refractivity contribution in [3.63, 3.8) is 0 Å². The summed E-state index contributed by atoms with van der Waals surface area (Å²) >= 11 is 0. The van der Waals surface area contributed by atoms with Crippen molar-refractivity contribution in [2.24, 2.45) is 0 Å². The largest absolute Gasteiger partial charge is 0.394 e. The highest BCUT2D eigenvalue weighted by molar-refractivity contribution is 5.78. The van der Waals surface area contributed by atoms with Gasteiger partial charge in [-0.1, -0.05) is 60.7 Å². The van der Waals surface area contributed by atoms with E-state index in [1.54, 1.807) is 23.9 Å². The Morgan fingerprint density at radius 1 is 1.14 bits per heavy atom. The number of hydrogen-bond donors (Lipinski definition) is 3. The standard InChI is InChI=1S/C29H36N4O3/c1-20(35)29-30-14-15-33(29)27(19-34)13-6-21-4-7-22(8-5-21)23-9-11-24(12-10-23)25-16-26(17-25)31-28(36)18-32(2)3/h4-15,20,25-27,34-35H,16-19H2,1-3H3,(H,31,36)/b13-6+/t20-,25?,26?,27+/m0/s1. The van der Waals surface area contributed by atoms with Gasteiger partial charge in [-0.2, -0.15) is 0 Å². The van der Waals surface area contributed by atoms with E-state index in [9.17, 15) is 15.0 Å². The predicted octanol–water partition coefficient (Wildman–Crippen LogP) is 3.77. The van der Waals surface area contributed by atoms with Crippen molar-refractivity contribution >= 4 is 12.0 Å². The maximum atomic E-state index is 11.9. The van der Waals surface area contributed by atoms with Gasteiger partial charge in [0.25, 0.3) is 0 Å². The zero-order chi connectivity index (χ0) is 25.7. The van der Waals surface area contributed by atoms with Gasteiger partial charge in [0.2, 0.25) is 5.91 Å². The fraction of sp³-hybridized carbons (Fsp3) is 0.379. The first kappa shape index (κ1) is 25.8. The van der Waals surface area contributed by atoms with Gasteiger partial charge in [-0.25, -0.2) is 4.98 Å². The molecule has 0 bridgehead atoms. The van der Waals surface area contributed by atoms with E-state index < -0.39 is 6.10 Å². The van der Waals surface area contributed by atoms with Crippen LogP contribution in [-0.2, 0) is 4.79 Å². The first-order valence-corrected chi connectivity index (χ1v) is 12.5. The molecule has 1 saturated carbocycles. The Hall–Kier alpha value is -3.26. The first-order valence-electron chi connectivity index (χ1n) is 12.5. The Morgan fingerprint density at radius 3 is 2.36 bits per heavy atom. The lowest BCUT2D eigenvalue weighted by molar-refractivity contribution is -0.123. The Labute approximate surface area is 213 Å². The summed E-state index contributed by atoms with van der Waals surface area (Å²) in [7, 11) is 3.80. The lowest BCUT2D eigenvalue weighted by atomic mass is 9.75. The molecule has 0 spiro atoms. The lowest BCUT2D eigenvalue weighted by Crippen LogP contribution is -2.46. The Morgan fingerprint density at radius 2 is 1.78 bits per heavy atom. The molecule has 1 heterocycles. The van der Waals surface area contributed by atoms with Crippen LogP contribution in [0.2, 0.25) is 0 Å². The number of likely N-dealkylation sites (N-methyl/N-ethyl adjacent to an activating group) is 1. The van der Waals surface area contributed by atoms with E-state index in [-0.39, 0.29) is 24.6 Å². The van der Waals surface area contributed by atoms with Gasteiger partial charge >= 0.3 is 0 Å². The molecule has 36 heavy (non-hydrogen) atoms. The van der Waals surface area contributed by atoms with Crippen LogP contribution in [0.25, 0.3) is 17.2 Å². The zero-order valence-electron chi connectivity index (χ0n) is 21.2. The summed E-state index contributed by atoms with van der Waals surface area (Å²) in [6, 6.07) is 17.0. The number of rotatable bonds is 10. The van der Waals surface area contributed by atoms with Crippen molar-refractivity contribution in [1.29, 1.82) is 0 Å². The van der Waals surface area contributed by atoms with Crippen LogP contribution in [-0.4, -0.2) is 63.9 Å². The minimum absolute atomic E-state index is 0.0821. The molecule has 4 rings (SSSR count). The highest BCUT2D eigenvalue weighted by Gasteiger charge is 2.31. The van der Waals surface area contributed by atoms with Gasteiger partial charge in [-0.05, 0) is 62.0 Å². The Balaban J connectivity index is 1.33. The molecular formula is C29H36N4O3. The second-order valence-corrected chi connectivity index (χ2v) is 9.89. The fourth-order valence-electron chi connectivity index (χ4n) is 4.70. The van der Waals surface area contributed by atoms with E-state index >= 15 is 0 Å². The van der Waals surface area contributed by atoms with Crippen LogP contribution in [0.4, 0.5) is 0 Å². The fourth-order valence-corrected chi connectivity index (χ4v) is 4.70. The van der Waals surface area contributed by atoms with Gasteiger partial charge in [0.15, 0.2) is 0 Å². The molecule has 2 atom stereocenters. The minimum atomic E-state index is -0.701. The summed E-state index contributed by atoms with van der Waals surface area (Å²) in [5.74, 6) is 1.12. The van der Waals surface area contributed by atoms with Crippen molar-refractivity contribution in [1.82, 2.24) is 19.8 Å². The van der Waals surface area contributed by atoms with E-state index in [2.05, 4.69) is 58.8 Å². The van der Waals surface area contributed by atoms with Crippen LogP contribution in [0.3, 0.4) is 0 Å². The lowest BCUT2D eigenvalue weighted by Gasteiger charge is -2.36. The van der Waals surface area contributed by atoms with Crippen molar-refractivity contribution in [2.75, 3.05) is 27.2 Å². The molecular weight excluding hydrogens is 452 g/mol. The number of imidazole rings is 1. The summed E-state index contributed by atoms with van der Waals surface area (Å²) in [6.45, 7) is 2.01. The van der Waals surface area contributed by atoms with Crippen molar-refractivity contribution in [3.8, 4) is 11.1 Å². The molecule has 0 aliphatic heterocycles. The Bertz CT molecular complexity index is 1160. The number of benzene rings is 2. The van der Waals surface area contributed by atoms with Crippen LogP contribution >= 0.6 is 0 Å². The SMILES string of the molecule is C[C@H](O)c1nccn1[C@H](/C=C/c1ccc(-c2ccc(C3CC(NC(=O)CN(C)C)C3)cc2)cc1)CO. The molecule has 3 aromatic rings. The van der Waals surface area contributed by atoms with Crippen molar-refractivity contribution in [2.45, 2.75) is 43.9 Å². The molecule has 190 valence electrons. The highest BCUT2D eigenvalue weighted by atomic mass is 16.3. The second kappa shape index (κ2) is 11.6. The number of aromatic nitrogens is 2. The Kier molecular flexibility index (Phi) is 8.36. The molecule has 1 amide bonds. The second-order valence-electron chi connectivity index (χ2n) is 9.89. The smallest absolute Gasteiger partial charge is 0.234 e. The highest BCUT2D eigenvalue weighted by Crippen LogP contribution is 2.37. The summed E-state index contributed by atoms with van der Waals surface area (Å²) in [4.78, 5) is 18.0. The number of hydrogen-bond acceptors (Lipinski definition) is 5. The number of aliphatic hydroxyl groups excluding tert-OH is 2. The quantitative estimate of drug-likeness (QED) is 0.404. The third-order valence-electron chi connectivity index (χ3n) is 6.72. The van der Waals surface area contributed by atoms with Crippen LogP contribution in [0.1, 0.15) is 54.8 Å². The normalized spacial score (nSPS) is 19.3. The molecule has 1 aromatic heterocycles. The average Bonchev–Trinajstić information content (AvgIpc) is 3.32. The molecule has 7 heteroatoms. The van der Waals surface area contributed by atoms with E-state index in [0.29, 0.717) is 18.3 Å². The molecule has 2 aromatic carbocycles. The maximum Gasteiger partial charge on any atom is 0.234 e. The average molecular weight is 489 g/mol. The van der Waals surface area contributed by atoms with Crippen LogP contribution in [0.5, 0.6) is 0 Å². The van der Waals surface area contributed by atoms with Gasteiger partial charge in [0.1, 0.15) is 11.9 Å². The van der Waals surface area contributed by atoms with Gasteiger partial charge in [0, 0.05) is 18.4 Å². The molecule has 1 aliphatic carbocycles. The summed E-state index contributed by atoms with van der Waals surface area (Å²) in [5.41, 5.74) is 4.66. The molecule has 0 radical (unpaired) electrons. The van der Waals surface area contributed by atoms with Crippen LogP contribution in [0, 0.1) is 0 Å². The molecule has 1 fully saturated rings. The van der Waals surface area contributed by atoms with Crippen LogP contribution < -0.4 is 5.32 Å². The van der Waals surface area contributed by atoms with Gasteiger partial charge < -0.3 is 25.0 Å². The predicted molar refractivity (Wildman–Crippen MR) is 142 cm³/mol. The van der Waals surface area contributed by atoms with E-state index in [4.69, 9.17) is 0 Å². The number of nitrogens with zero attached hydrogens (tertiary/aromatic N) is 3. The van der Waals surface area contributed by atoms with E-state index in [0.717, 1.165) is 29.5 Å². The molecule has 7 nitrogen and oxygen atoms in total. The number of amides is 1. The summed E-state index contributed by atoms with van der Waals surface area (Å²) < 4.78 is 1.79. The van der Waals surface area contributed by atoms with E-state index in [1.165, 1.54) is 5.56 Å². The zero-order valence-corrected chi connectivity index (χ0v) is 21.2. The van der Waals surface area contributed by atoms with Crippen molar-refractivity contribution < 1.29 is 15.0 Å². The molecule has 1 aliphatic rings.